The summed E-state index contributed by atoms with van der Waals surface area (Å²) < 4.78 is 32.6. The maximum Gasteiger partial charge on any atom is 0.472 e. The fourth-order valence-electron chi connectivity index (χ4n) is 5.28. The van der Waals surface area contributed by atoms with E-state index < -0.39 is 51.8 Å². The van der Waals surface area contributed by atoms with Gasteiger partial charge in [0.05, 0.1) is 19.8 Å². The van der Waals surface area contributed by atoms with Crippen molar-refractivity contribution < 1.29 is 52.6 Å². The zero-order chi connectivity index (χ0) is 41.4. The van der Waals surface area contributed by atoms with Crippen LogP contribution in [0.5, 0.6) is 0 Å². The van der Waals surface area contributed by atoms with Gasteiger partial charge in [0.25, 0.3) is 0 Å². The molecule has 0 aromatic heterocycles. The Morgan fingerprint density at radius 1 is 0.589 bits per heavy atom. The molecule has 0 rings (SSSR count). The first kappa shape index (κ1) is 53.3. The number of aliphatic hydroxyl groups is 2. The molecule has 1 unspecified atom stereocenters. The molecule has 11 nitrogen and oxygen atoms in total. The molecule has 3 N–H and O–H groups in total. The van der Waals surface area contributed by atoms with Crippen LogP contribution in [0.3, 0.4) is 0 Å². The lowest BCUT2D eigenvalue weighted by Crippen LogP contribution is -2.29. The van der Waals surface area contributed by atoms with Crippen molar-refractivity contribution in [3.05, 3.63) is 60.8 Å². The Bertz CT molecular complexity index is 1180. The van der Waals surface area contributed by atoms with Crippen LogP contribution in [0.1, 0.15) is 162 Å². The van der Waals surface area contributed by atoms with Crippen molar-refractivity contribution >= 4 is 25.5 Å². The Hall–Kier alpha value is -2.66. The Labute approximate surface area is 338 Å². The zero-order valence-electron chi connectivity index (χ0n) is 34.6. The second-order valence-corrected chi connectivity index (χ2v) is 15.5. The van der Waals surface area contributed by atoms with Gasteiger partial charge >= 0.3 is 19.8 Å². The van der Waals surface area contributed by atoms with E-state index in [2.05, 4.69) is 48.8 Å². The van der Waals surface area contributed by atoms with Crippen LogP contribution in [0.15, 0.2) is 60.8 Å². The number of esters is 2. The van der Waals surface area contributed by atoms with Crippen LogP contribution in [0.2, 0.25) is 0 Å². The van der Waals surface area contributed by atoms with Gasteiger partial charge in [-0.2, -0.15) is 0 Å². The molecule has 0 aliphatic heterocycles. The number of unbranched alkanes of at least 4 members (excludes halogenated alkanes) is 14. The SMILES string of the molecule is CCCCCCCC/C=C\C/C=C\C/C=C\CCCC(=O)OC[C@H](COP(=O)(O)OC[C@@H](O)CO)OC(=O)CCCCCCC/C=C\C=C\C(=O)CCCCC. The molecule has 0 aromatic carbocycles. The molecule has 0 radical (unpaired) electrons. The number of allylic oxidation sites excluding steroid dienone is 10. The molecule has 3 atom stereocenters. The maximum atomic E-state index is 12.6. The monoisotopic (exact) mass is 811 g/mol. The van der Waals surface area contributed by atoms with Crippen LogP contribution >= 0.6 is 7.82 Å². The molecule has 322 valence electrons. The van der Waals surface area contributed by atoms with Crippen LogP contribution in [-0.2, 0) is 37.5 Å². The smallest absolute Gasteiger partial charge is 0.462 e. The molecular formula is C44H75O11P. The van der Waals surface area contributed by atoms with Gasteiger partial charge in [-0.3, -0.25) is 23.4 Å². The fourth-order valence-corrected chi connectivity index (χ4v) is 6.07. The molecule has 0 aliphatic rings. The van der Waals surface area contributed by atoms with E-state index in [0.29, 0.717) is 25.7 Å². The van der Waals surface area contributed by atoms with E-state index >= 15 is 0 Å². The summed E-state index contributed by atoms with van der Waals surface area (Å²) in [5.41, 5.74) is 0. The van der Waals surface area contributed by atoms with E-state index in [1.807, 2.05) is 18.2 Å². The van der Waals surface area contributed by atoms with Gasteiger partial charge in [-0.25, -0.2) is 4.57 Å². The molecular weight excluding hydrogens is 735 g/mol. The Morgan fingerprint density at radius 3 is 1.77 bits per heavy atom. The largest absolute Gasteiger partial charge is 0.472 e. The van der Waals surface area contributed by atoms with Gasteiger partial charge in [0, 0.05) is 19.3 Å². The Kier molecular flexibility index (Phi) is 37.3. The first-order valence-corrected chi connectivity index (χ1v) is 22.7. The third-order valence-electron chi connectivity index (χ3n) is 8.62. The van der Waals surface area contributed by atoms with Gasteiger partial charge in [-0.1, -0.05) is 133 Å². The maximum absolute atomic E-state index is 12.6. The minimum Gasteiger partial charge on any atom is -0.462 e. The first-order chi connectivity index (χ1) is 27.1. The van der Waals surface area contributed by atoms with E-state index in [9.17, 15) is 28.9 Å². The molecule has 0 spiro atoms. The van der Waals surface area contributed by atoms with Gasteiger partial charge in [0.2, 0.25) is 0 Å². The molecule has 56 heavy (non-hydrogen) atoms. The third kappa shape index (κ3) is 38.2. The van der Waals surface area contributed by atoms with Crippen molar-refractivity contribution in [1.82, 2.24) is 0 Å². The summed E-state index contributed by atoms with van der Waals surface area (Å²) in [4.78, 5) is 46.7. The van der Waals surface area contributed by atoms with E-state index in [1.54, 1.807) is 12.2 Å². The number of ether oxygens (including phenoxy) is 2. The predicted molar refractivity (Wildman–Crippen MR) is 224 cm³/mol. The van der Waals surface area contributed by atoms with E-state index in [-0.39, 0.29) is 25.2 Å². The number of phosphoric acid groups is 1. The van der Waals surface area contributed by atoms with Crippen molar-refractivity contribution in [3.8, 4) is 0 Å². The Balaban J connectivity index is 4.47. The van der Waals surface area contributed by atoms with Crippen LogP contribution in [-0.4, -0.2) is 71.5 Å². The van der Waals surface area contributed by atoms with Crippen LogP contribution in [0.4, 0.5) is 0 Å². The van der Waals surface area contributed by atoms with Crippen LogP contribution in [0, 0.1) is 0 Å². The molecule has 0 amide bonds. The number of carbonyl (C=O) groups is 3. The highest BCUT2D eigenvalue weighted by Crippen LogP contribution is 2.43. The molecule has 0 saturated carbocycles. The average molecular weight is 811 g/mol. The lowest BCUT2D eigenvalue weighted by molar-refractivity contribution is -0.161. The molecule has 0 aliphatic carbocycles. The van der Waals surface area contributed by atoms with E-state index in [1.165, 1.54) is 38.5 Å². The third-order valence-corrected chi connectivity index (χ3v) is 9.57. The van der Waals surface area contributed by atoms with Gasteiger partial charge in [0.15, 0.2) is 11.9 Å². The van der Waals surface area contributed by atoms with Gasteiger partial charge in [0.1, 0.15) is 12.7 Å². The summed E-state index contributed by atoms with van der Waals surface area (Å²) in [6.07, 6.45) is 38.9. The lowest BCUT2D eigenvalue weighted by atomic mass is 10.1. The number of hydrogen-bond donors (Lipinski definition) is 3. The molecule has 0 fully saturated rings. The summed E-state index contributed by atoms with van der Waals surface area (Å²) in [6.45, 7) is 2.09. The topological polar surface area (TPSA) is 166 Å². The summed E-state index contributed by atoms with van der Waals surface area (Å²) >= 11 is 0. The fraction of sp³-hybridized carbons (Fsp3) is 0.705. The molecule has 0 saturated heterocycles. The van der Waals surface area contributed by atoms with Crippen molar-refractivity contribution in [3.63, 3.8) is 0 Å². The van der Waals surface area contributed by atoms with Crippen molar-refractivity contribution in [1.29, 1.82) is 0 Å². The lowest BCUT2D eigenvalue weighted by Gasteiger charge is -2.20. The predicted octanol–water partition coefficient (Wildman–Crippen LogP) is 10.3. The number of rotatable bonds is 39. The number of carbonyl (C=O) groups excluding carboxylic acids is 3. The minimum atomic E-state index is -4.65. The highest BCUT2D eigenvalue weighted by atomic mass is 31.2. The number of aliphatic hydroxyl groups excluding tert-OH is 2. The van der Waals surface area contributed by atoms with Gasteiger partial charge < -0.3 is 24.6 Å². The summed E-state index contributed by atoms with van der Waals surface area (Å²) in [7, 11) is -4.65. The average Bonchev–Trinajstić information content (AvgIpc) is 3.18. The van der Waals surface area contributed by atoms with Crippen molar-refractivity contribution in [2.24, 2.45) is 0 Å². The minimum absolute atomic E-state index is 0.120. The van der Waals surface area contributed by atoms with Gasteiger partial charge in [-0.15, -0.1) is 0 Å². The zero-order valence-corrected chi connectivity index (χ0v) is 35.5. The normalized spacial score (nSPS) is 14.4. The van der Waals surface area contributed by atoms with E-state index in [0.717, 1.165) is 70.6 Å². The first-order valence-electron chi connectivity index (χ1n) is 21.2. The van der Waals surface area contributed by atoms with E-state index in [4.69, 9.17) is 19.1 Å². The number of ketones is 1. The van der Waals surface area contributed by atoms with Crippen molar-refractivity contribution in [2.75, 3.05) is 26.4 Å². The second kappa shape index (κ2) is 39.2. The van der Waals surface area contributed by atoms with Gasteiger partial charge in [-0.05, 0) is 70.3 Å². The number of phosphoric ester groups is 1. The summed E-state index contributed by atoms with van der Waals surface area (Å²) in [5.74, 6) is -0.894. The Morgan fingerprint density at radius 2 is 1.11 bits per heavy atom. The molecule has 12 heteroatoms. The molecule has 0 bridgehead atoms. The second-order valence-electron chi connectivity index (χ2n) is 14.0. The standard InChI is InChI=1S/C44H75O11P/c1-3-5-7-8-9-10-11-12-13-14-15-16-17-20-23-26-30-34-43(48)52-38-42(39-54-56(50,51)53-37-41(47)36-45)55-44(49)35-31-27-24-21-18-19-22-25-29-33-40(46)32-28-6-4-2/h12-13,15-16,20,22-23,25,29,33,41-42,45,47H,3-11,14,17-19,21,24,26-28,30-32,34-39H2,1-2H3,(H,50,51)/b13-12-,16-15-,23-20-,25-22-,33-29+/t41-,42+/m0/s1. The molecule has 0 aromatic rings. The van der Waals surface area contributed by atoms with Crippen LogP contribution < -0.4 is 0 Å². The quantitative estimate of drug-likeness (QED) is 0.0135. The highest BCUT2D eigenvalue weighted by Gasteiger charge is 2.27. The summed E-state index contributed by atoms with van der Waals surface area (Å²) in [5, 5.41) is 18.3. The molecule has 0 heterocycles. The van der Waals surface area contributed by atoms with Crippen molar-refractivity contribution in [2.45, 2.75) is 174 Å². The van der Waals surface area contributed by atoms with Crippen LogP contribution in [0.25, 0.3) is 0 Å². The number of hydrogen-bond acceptors (Lipinski definition) is 10. The summed E-state index contributed by atoms with van der Waals surface area (Å²) in [6, 6.07) is 0. The highest BCUT2D eigenvalue weighted by molar-refractivity contribution is 7.47.